The van der Waals surface area contributed by atoms with Gasteiger partial charge < -0.3 is 30.4 Å². The zero-order valence-corrected chi connectivity index (χ0v) is 14.5. The minimum absolute atomic E-state index is 0.411. The van der Waals surface area contributed by atoms with Crippen molar-refractivity contribution in [1.82, 2.24) is 0 Å². The third-order valence-corrected chi connectivity index (χ3v) is 3.57. The van der Waals surface area contributed by atoms with Gasteiger partial charge in [-0.3, -0.25) is 0 Å². The number of methoxy groups -OCH3 is 2. The van der Waals surface area contributed by atoms with Crippen LogP contribution in [0, 0.1) is 0 Å². The predicted molar refractivity (Wildman–Crippen MR) is 96.1 cm³/mol. The largest absolute Gasteiger partial charge is 0.495 e. The Morgan fingerprint density at radius 1 is 0.833 bits per heavy atom. The fourth-order valence-electron chi connectivity index (χ4n) is 2.49. The zero-order valence-electron chi connectivity index (χ0n) is 14.5. The van der Waals surface area contributed by atoms with E-state index in [2.05, 4.69) is 0 Å². The first-order valence-electron chi connectivity index (χ1n) is 7.77. The second-order valence-electron chi connectivity index (χ2n) is 5.02. The topological polar surface area (TPSA) is 89.0 Å². The summed E-state index contributed by atoms with van der Waals surface area (Å²) in [5.74, 6) is 2.15. The van der Waals surface area contributed by atoms with Gasteiger partial charge in [-0.25, -0.2) is 0 Å². The van der Waals surface area contributed by atoms with E-state index >= 15 is 0 Å². The lowest BCUT2D eigenvalue weighted by atomic mass is 10.0. The number of rotatable bonds is 7. The minimum Gasteiger partial charge on any atom is -0.495 e. The van der Waals surface area contributed by atoms with Gasteiger partial charge in [-0.2, -0.15) is 0 Å². The third kappa shape index (κ3) is 3.27. The highest BCUT2D eigenvalue weighted by Gasteiger charge is 2.21. The number of nitrogen functional groups attached to an aromatic ring is 2. The van der Waals surface area contributed by atoms with Crippen molar-refractivity contribution in [3.63, 3.8) is 0 Å². The van der Waals surface area contributed by atoms with Crippen molar-refractivity contribution >= 4 is 11.4 Å². The molecule has 0 aliphatic carbocycles. The van der Waals surface area contributed by atoms with Crippen molar-refractivity contribution in [3.05, 3.63) is 24.3 Å². The maximum Gasteiger partial charge on any atom is 0.188 e. The molecule has 0 atom stereocenters. The number of hydrogen-bond acceptors (Lipinski definition) is 6. The Balaban J connectivity index is 2.72. The van der Waals surface area contributed by atoms with Crippen molar-refractivity contribution in [3.8, 4) is 34.1 Å². The molecule has 0 aliphatic rings. The summed E-state index contributed by atoms with van der Waals surface area (Å²) in [5, 5.41) is 0. The summed E-state index contributed by atoms with van der Waals surface area (Å²) in [5.41, 5.74) is 14.7. The Labute approximate surface area is 142 Å². The minimum atomic E-state index is 0.411. The molecule has 6 nitrogen and oxygen atoms in total. The van der Waals surface area contributed by atoms with Crippen molar-refractivity contribution < 1.29 is 18.9 Å². The van der Waals surface area contributed by atoms with Gasteiger partial charge in [0.1, 0.15) is 17.2 Å². The van der Waals surface area contributed by atoms with Crippen LogP contribution in [-0.4, -0.2) is 27.4 Å². The second kappa shape index (κ2) is 7.68. The summed E-state index contributed by atoms with van der Waals surface area (Å²) in [7, 11) is 3.13. The summed E-state index contributed by atoms with van der Waals surface area (Å²) in [6, 6.07) is 7.37. The van der Waals surface area contributed by atoms with Crippen LogP contribution in [0.4, 0.5) is 11.4 Å². The molecule has 0 aliphatic heterocycles. The number of hydrogen-bond donors (Lipinski definition) is 2. The average Bonchev–Trinajstić information content (AvgIpc) is 2.58. The number of nitrogens with two attached hydrogens (primary N) is 2. The number of benzene rings is 2. The fraction of sp³-hybridized carbons (Fsp3) is 0.333. The van der Waals surface area contributed by atoms with E-state index in [1.807, 2.05) is 32.0 Å². The van der Waals surface area contributed by atoms with Crippen molar-refractivity contribution in [2.75, 3.05) is 38.9 Å². The lowest BCUT2D eigenvalue weighted by molar-refractivity contribution is 0.307. The van der Waals surface area contributed by atoms with Gasteiger partial charge in [0.2, 0.25) is 0 Å². The molecule has 2 aromatic carbocycles. The molecule has 2 aromatic rings. The molecule has 24 heavy (non-hydrogen) atoms. The Kier molecular flexibility index (Phi) is 5.63. The standard InChI is InChI=1S/C18H24N2O4/c1-5-23-15-10-12(11-7-8-13(19)14(9-11)21-3)17(24-6-2)18(22-4)16(15)20/h7-10H,5-6,19-20H2,1-4H3. The van der Waals surface area contributed by atoms with Crippen molar-refractivity contribution in [2.24, 2.45) is 0 Å². The first-order valence-corrected chi connectivity index (χ1v) is 7.77. The first-order chi connectivity index (χ1) is 11.6. The fourth-order valence-corrected chi connectivity index (χ4v) is 2.49. The number of ether oxygens (including phenoxy) is 4. The van der Waals surface area contributed by atoms with Crippen LogP contribution >= 0.6 is 0 Å². The molecule has 0 saturated carbocycles. The quantitative estimate of drug-likeness (QED) is 0.756. The van der Waals surface area contributed by atoms with Gasteiger partial charge in [0.15, 0.2) is 11.5 Å². The average molecular weight is 332 g/mol. The van der Waals surface area contributed by atoms with Gasteiger partial charge in [0, 0.05) is 5.56 Å². The predicted octanol–water partition coefficient (Wildman–Crippen LogP) is 3.33. The summed E-state index contributed by atoms with van der Waals surface area (Å²) in [4.78, 5) is 0. The third-order valence-electron chi connectivity index (χ3n) is 3.57. The van der Waals surface area contributed by atoms with Gasteiger partial charge in [0.05, 0.1) is 33.1 Å². The molecule has 2 rings (SSSR count). The van der Waals surface area contributed by atoms with E-state index in [4.69, 9.17) is 30.4 Å². The highest BCUT2D eigenvalue weighted by atomic mass is 16.5. The zero-order chi connectivity index (χ0) is 17.7. The smallest absolute Gasteiger partial charge is 0.188 e. The summed E-state index contributed by atoms with van der Waals surface area (Å²) >= 11 is 0. The van der Waals surface area contributed by atoms with Crippen LogP contribution in [0.15, 0.2) is 24.3 Å². The molecule has 6 heteroatoms. The maximum atomic E-state index is 6.16. The van der Waals surface area contributed by atoms with Gasteiger partial charge in [-0.05, 0) is 37.6 Å². The molecule has 0 heterocycles. The van der Waals surface area contributed by atoms with E-state index in [0.717, 1.165) is 11.1 Å². The first kappa shape index (κ1) is 17.6. The van der Waals surface area contributed by atoms with E-state index in [9.17, 15) is 0 Å². The Bertz CT molecular complexity index is 717. The second-order valence-corrected chi connectivity index (χ2v) is 5.02. The molecule has 0 spiro atoms. The monoisotopic (exact) mass is 332 g/mol. The highest BCUT2D eigenvalue weighted by molar-refractivity contribution is 5.84. The van der Waals surface area contributed by atoms with Crippen LogP contribution in [0.3, 0.4) is 0 Å². The molecular weight excluding hydrogens is 308 g/mol. The SMILES string of the molecule is CCOc1cc(-c2ccc(N)c(OC)c2)c(OCC)c(OC)c1N. The Hall–Kier alpha value is -2.76. The molecule has 0 amide bonds. The van der Waals surface area contributed by atoms with Crippen LogP contribution in [0.2, 0.25) is 0 Å². The summed E-state index contributed by atoms with van der Waals surface area (Å²) < 4.78 is 22.2. The molecule has 0 saturated heterocycles. The van der Waals surface area contributed by atoms with Crippen molar-refractivity contribution in [2.45, 2.75) is 13.8 Å². The van der Waals surface area contributed by atoms with E-state index < -0.39 is 0 Å². The molecule has 4 N–H and O–H groups in total. The van der Waals surface area contributed by atoms with Crippen LogP contribution in [0.25, 0.3) is 11.1 Å². The van der Waals surface area contributed by atoms with Gasteiger partial charge in [-0.15, -0.1) is 0 Å². The van der Waals surface area contributed by atoms with Crippen LogP contribution in [0.1, 0.15) is 13.8 Å². The molecule has 0 aromatic heterocycles. The Morgan fingerprint density at radius 3 is 2.12 bits per heavy atom. The summed E-state index contributed by atoms with van der Waals surface area (Å²) in [6.07, 6.45) is 0. The van der Waals surface area contributed by atoms with Gasteiger partial charge in [-0.1, -0.05) is 6.07 Å². The normalized spacial score (nSPS) is 10.3. The molecular formula is C18H24N2O4. The highest BCUT2D eigenvalue weighted by Crippen LogP contribution is 2.48. The molecule has 0 bridgehead atoms. The van der Waals surface area contributed by atoms with Crippen LogP contribution in [0.5, 0.6) is 23.0 Å². The van der Waals surface area contributed by atoms with Crippen LogP contribution < -0.4 is 30.4 Å². The van der Waals surface area contributed by atoms with Crippen molar-refractivity contribution in [1.29, 1.82) is 0 Å². The lowest BCUT2D eigenvalue weighted by Gasteiger charge is -2.19. The Morgan fingerprint density at radius 2 is 1.54 bits per heavy atom. The van der Waals surface area contributed by atoms with Gasteiger partial charge >= 0.3 is 0 Å². The molecule has 130 valence electrons. The van der Waals surface area contributed by atoms with E-state index in [0.29, 0.717) is 47.6 Å². The summed E-state index contributed by atoms with van der Waals surface area (Å²) in [6.45, 7) is 4.77. The van der Waals surface area contributed by atoms with E-state index in [1.165, 1.54) is 0 Å². The lowest BCUT2D eigenvalue weighted by Crippen LogP contribution is -2.04. The van der Waals surface area contributed by atoms with E-state index in [1.54, 1.807) is 20.3 Å². The van der Waals surface area contributed by atoms with Crippen LogP contribution in [-0.2, 0) is 0 Å². The maximum absolute atomic E-state index is 6.16. The molecule has 0 radical (unpaired) electrons. The van der Waals surface area contributed by atoms with Gasteiger partial charge in [0.25, 0.3) is 0 Å². The van der Waals surface area contributed by atoms with E-state index in [-0.39, 0.29) is 0 Å². The molecule has 0 unspecified atom stereocenters. The molecule has 0 fully saturated rings. The number of anilines is 2.